The molecule has 1 saturated heterocycles. The van der Waals surface area contributed by atoms with Crippen molar-refractivity contribution < 1.29 is 4.39 Å². The van der Waals surface area contributed by atoms with E-state index in [4.69, 9.17) is 23.2 Å². The van der Waals surface area contributed by atoms with Crippen molar-refractivity contribution in [2.75, 3.05) is 13.6 Å². The number of hydrogen-bond acceptors (Lipinski definition) is 3. The summed E-state index contributed by atoms with van der Waals surface area (Å²) in [6.45, 7) is 5.03. The predicted octanol–water partition coefficient (Wildman–Crippen LogP) is 3.49. The van der Waals surface area contributed by atoms with Gasteiger partial charge < -0.3 is 10.2 Å². The Hall–Kier alpha value is -0.840. The lowest BCUT2D eigenvalue weighted by atomic mass is 9.98. The minimum absolute atomic E-state index is 0.0596. The van der Waals surface area contributed by atoms with E-state index >= 15 is 0 Å². The molecule has 0 aromatic heterocycles. The summed E-state index contributed by atoms with van der Waals surface area (Å²) in [4.78, 5) is 5.45. The normalized spacial score (nSPS) is 26.7. The van der Waals surface area contributed by atoms with Gasteiger partial charge in [-0.15, -0.1) is 0 Å². The van der Waals surface area contributed by atoms with Gasteiger partial charge in [-0.2, -0.15) is 0 Å². The zero-order valence-corrected chi connectivity index (χ0v) is 12.2. The van der Waals surface area contributed by atoms with Gasteiger partial charge in [0.25, 0.3) is 0 Å². The Balaban J connectivity index is 2.17. The summed E-state index contributed by atoms with van der Waals surface area (Å²) in [6, 6.07) is 0.234. The molecule has 2 rings (SSSR count). The molecule has 2 aliphatic rings. The van der Waals surface area contributed by atoms with Crippen LogP contribution in [0.15, 0.2) is 40.0 Å². The van der Waals surface area contributed by atoms with Crippen molar-refractivity contribution in [2.24, 2.45) is 4.99 Å². The number of nitrogens with one attached hydrogen (secondary N) is 1. The second-order valence-electron chi connectivity index (χ2n) is 4.65. The summed E-state index contributed by atoms with van der Waals surface area (Å²) in [5.74, 6) is -0.210. The standard InChI is InChI=1S/C13H16Cl2FN3/c1-8(9-5-3-4-6-17-9)7-10-18-12(14)11(16)13(15)19(10)2/h7,9,17H,1,3-6H2,2H3/b10-7-. The van der Waals surface area contributed by atoms with E-state index in [0.717, 1.165) is 18.5 Å². The first-order valence-electron chi connectivity index (χ1n) is 6.18. The van der Waals surface area contributed by atoms with E-state index in [9.17, 15) is 4.39 Å². The number of rotatable bonds is 2. The van der Waals surface area contributed by atoms with Crippen LogP contribution in [0.3, 0.4) is 0 Å². The van der Waals surface area contributed by atoms with Crippen LogP contribution in [0.25, 0.3) is 0 Å². The number of piperidine rings is 1. The largest absolute Gasteiger partial charge is 0.317 e. The van der Waals surface area contributed by atoms with E-state index in [1.165, 1.54) is 17.7 Å². The van der Waals surface area contributed by atoms with E-state index in [1.807, 2.05) is 0 Å². The number of nitrogens with zero attached hydrogens (tertiary/aromatic N) is 2. The van der Waals surface area contributed by atoms with E-state index < -0.39 is 5.83 Å². The highest BCUT2D eigenvalue weighted by atomic mass is 35.5. The molecule has 3 nitrogen and oxygen atoms in total. The molecule has 2 aliphatic heterocycles. The van der Waals surface area contributed by atoms with Crippen LogP contribution < -0.4 is 5.32 Å². The maximum Gasteiger partial charge on any atom is 0.195 e. The number of halogens is 3. The molecule has 2 heterocycles. The van der Waals surface area contributed by atoms with Gasteiger partial charge in [0.15, 0.2) is 11.0 Å². The summed E-state index contributed by atoms with van der Waals surface area (Å²) in [6.07, 6.45) is 5.20. The van der Waals surface area contributed by atoms with Crippen molar-refractivity contribution in [3.63, 3.8) is 0 Å². The Labute approximate surface area is 122 Å². The first-order valence-corrected chi connectivity index (χ1v) is 6.93. The minimum atomic E-state index is -0.704. The fourth-order valence-electron chi connectivity index (χ4n) is 2.12. The van der Waals surface area contributed by atoms with Crippen molar-refractivity contribution in [3.05, 3.63) is 35.0 Å². The van der Waals surface area contributed by atoms with Crippen LogP contribution in [0.5, 0.6) is 0 Å². The highest BCUT2D eigenvalue weighted by molar-refractivity contribution is 6.70. The second kappa shape index (κ2) is 6.07. The third-order valence-corrected chi connectivity index (χ3v) is 3.96. The third kappa shape index (κ3) is 3.19. The molecular formula is C13H16Cl2FN3. The highest BCUT2D eigenvalue weighted by Crippen LogP contribution is 2.29. The molecule has 0 aromatic rings. The van der Waals surface area contributed by atoms with Crippen LogP contribution in [0.2, 0.25) is 0 Å². The Morgan fingerprint density at radius 1 is 1.53 bits per heavy atom. The summed E-state index contributed by atoms with van der Waals surface area (Å²) >= 11 is 11.6. The zero-order chi connectivity index (χ0) is 14.0. The fourth-order valence-corrected chi connectivity index (χ4v) is 2.52. The van der Waals surface area contributed by atoms with Crippen LogP contribution in [0.4, 0.5) is 4.39 Å². The van der Waals surface area contributed by atoms with E-state index in [1.54, 1.807) is 13.1 Å². The fraction of sp³-hybridized carbons (Fsp3) is 0.462. The molecule has 104 valence electrons. The first kappa shape index (κ1) is 14.6. The van der Waals surface area contributed by atoms with Crippen LogP contribution in [0, 0.1) is 0 Å². The molecule has 0 bridgehead atoms. The predicted molar refractivity (Wildman–Crippen MR) is 77.9 cm³/mol. The van der Waals surface area contributed by atoms with Gasteiger partial charge in [-0.25, -0.2) is 9.38 Å². The van der Waals surface area contributed by atoms with Gasteiger partial charge in [0, 0.05) is 13.1 Å². The van der Waals surface area contributed by atoms with Gasteiger partial charge in [0.05, 0.1) is 0 Å². The topological polar surface area (TPSA) is 27.6 Å². The summed E-state index contributed by atoms with van der Waals surface area (Å²) in [5, 5.41) is 3.11. The maximum absolute atomic E-state index is 13.5. The van der Waals surface area contributed by atoms with Crippen molar-refractivity contribution in [1.29, 1.82) is 0 Å². The maximum atomic E-state index is 13.5. The van der Waals surface area contributed by atoms with Gasteiger partial charge >= 0.3 is 0 Å². The molecule has 1 unspecified atom stereocenters. The van der Waals surface area contributed by atoms with Crippen molar-refractivity contribution in [3.8, 4) is 0 Å². The molecule has 6 heteroatoms. The number of hydrogen-bond donors (Lipinski definition) is 1. The molecule has 0 aliphatic carbocycles. The number of aliphatic imine (C=N–C) groups is 1. The zero-order valence-electron chi connectivity index (χ0n) is 10.7. The van der Waals surface area contributed by atoms with Crippen LogP contribution in [-0.2, 0) is 0 Å². The Morgan fingerprint density at radius 3 is 2.89 bits per heavy atom. The molecular weight excluding hydrogens is 288 g/mol. The van der Waals surface area contributed by atoms with Crippen LogP contribution in [-0.4, -0.2) is 29.7 Å². The SMILES string of the molecule is C=C(/C=C1/N=C(Cl)C(F)=C(Cl)N1C)C1CCCCN1. The molecule has 0 radical (unpaired) electrons. The molecule has 1 atom stereocenters. The quantitative estimate of drug-likeness (QED) is 0.791. The van der Waals surface area contributed by atoms with Gasteiger partial charge in [-0.05, 0) is 31.0 Å². The van der Waals surface area contributed by atoms with Crippen molar-refractivity contribution in [1.82, 2.24) is 10.2 Å². The molecule has 19 heavy (non-hydrogen) atoms. The smallest absolute Gasteiger partial charge is 0.195 e. The Bertz CT molecular complexity index is 476. The van der Waals surface area contributed by atoms with E-state index in [0.29, 0.717) is 5.82 Å². The van der Waals surface area contributed by atoms with Gasteiger partial charge in [0.1, 0.15) is 11.0 Å². The van der Waals surface area contributed by atoms with Crippen LogP contribution in [0.1, 0.15) is 19.3 Å². The molecule has 1 N–H and O–H groups in total. The second-order valence-corrected chi connectivity index (χ2v) is 5.36. The molecule has 0 spiro atoms. The molecule has 1 fully saturated rings. The monoisotopic (exact) mass is 303 g/mol. The van der Waals surface area contributed by atoms with Gasteiger partial charge in [-0.3, -0.25) is 0 Å². The summed E-state index contributed by atoms with van der Waals surface area (Å²) < 4.78 is 13.5. The summed E-state index contributed by atoms with van der Waals surface area (Å²) in [5.41, 5.74) is 0.904. The molecule has 0 aromatic carbocycles. The third-order valence-electron chi connectivity index (χ3n) is 3.29. The average Bonchev–Trinajstić information content (AvgIpc) is 2.43. The van der Waals surface area contributed by atoms with Crippen molar-refractivity contribution >= 4 is 28.4 Å². The van der Waals surface area contributed by atoms with Crippen molar-refractivity contribution in [2.45, 2.75) is 25.3 Å². The Morgan fingerprint density at radius 2 is 2.26 bits per heavy atom. The number of allylic oxidation sites excluding steroid dienone is 1. The van der Waals surface area contributed by atoms with Crippen LogP contribution >= 0.6 is 23.2 Å². The first-order chi connectivity index (χ1) is 9.00. The Kier molecular flexibility index (Phi) is 4.66. The van der Waals surface area contributed by atoms with E-state index in [2.05, 4.69) is 16.9 Å². The lowest BCUT2D eigenvalue weighted by Crippen LogP contribution is -2.35. The molecule has 0 amide bonds. The van der Waals surface area contributed by atoms with Gasteiger partial charge in [0.2, 0.25) is 0 Å². The minimum Gasteiger partial charge on any atom is -0.317 e. The van der Waals surface area contributed by atoms with Gasteiger partial charge in [-0.1, -0.05) is 36.2 Å². The van der Waals surface area contributed by atoms with E-state index in [-0.39, 0.29) is 16.4 Å². The highest BCUT2D eigenvalue weighted by Gasteiger charge is 2.23. The lowest BCUT2D eigenvalue weighted by molar-refractivity contribution is 0.443. The average molecular weight is 304 g/mol. The summed E-state index contributed by atoms with van der Waals surface area (Å²) in [7, 11) is 1.64. The lowest BCUT2D eigenvalue weighted by Gasteiger charge is -2.26. The molecule has 0 saturated carbocycles.